The first kappa shape index (κ1) is 14.5. The van der Waals surface area contributed by atoms with Gasteiger partial charge in [0.1, 0.15) is 12.1 Å². The molecule has 7 heteroatoms. The average molecular weight is 281 g/mol. The Kier molecular flexibility index (Phi) is 4.73. The van der Waals surface area contributed by atoms with E-state index in [1.165, 1.54) is 13.4 Å². The van der Waals surface area contributed by atoms with E-state index in [0.717, 1.165) is 12.1 Å². The van der Waals surface area contributed by atoms with Crippen LogP contribution in [0.25, 0.3) is 0 Å². The number of esters is 1. The fourth-order valence-electron chi connectivity index (χ4n) is 2.21. The number of hydrogen-bond acceptors (Lipinski definition) is 5. The molecular weight excluding hydrogens is 262 g/mol. The van der Waals surface area contributed by atoms with Crippen molar-refractivity contribution >= 4 is 11.9 Å². The van der Waals surface area contributed by atoms with Crippen LogP contribution < -0.4 is 5.32 Å². The van der Waals surface area contributed by atoms with Gasteiger partial charge in [-0.3, -0.25) is 4.79 Å². The lowest BCUT2D eigenvalue weighted by atomic mass is 10.1. The third-order valence-electron chi connectivity index (χ3n) is 3.31. The topological polar surface area (TPSA) is 93.3 Å². The SMILES string of the molecule is COC(=O)[C@H](Cc1cnc[nH]1)NC(=O)C1CCC(C)O1. The number of imidazole rings is 1. The number of carbonyl (C=O) groups excluding carboxylic acids is 2. The van der Waals surface area contributed by atoms with Crippen molar-refractivity contribution in [3.63, 3.8) is 0 Å². The molecule has 3 atom stereocenters. The molecule has 1 aromatic heterocycles. The molecule has 0 bridgehead atoms. The van der Waals surface area contributed by atoms with Gasteiger partial charge < -0.3 is 19.8 Å². The van der Waals surface area contributed by atoms with E-state index in [-0.39, 0.29) is 12.0 Å². The maximum absolute atomic E-state index is 12.1. The number of methoxy groups -OCH3 is 1. The van der Waals surface area contributed by atoms with E-state index >= 15 is 0 Å². The molecule has 7 nitrogen and oxygen atoms in total. The van der Waals surface area contributed by atoms with Crippen LogP contribution in [0.3, 0.4) is 0 Å². The smallest absolute Gasteiger partial charge is 0.328 e. The van der Waals surface area contributed by atoms with Gasteiger partial charge in [0, 0.05) is 18.3 Å². The molecule has 0 radical (unpaired) electrons. The van der Waals surface area contributed by atoms with E-state index in [1.807, 2.05) is 6.92 Å². The molecule has 2 unspecified atom stereocenters. The summed E-state index contributed by atoms with van der Waals surface area (Å²) in [5.41, 5.74) is 0.751. The molecule has 1 aromatic rings. The Morgan fingerprint density at radius 2 is 2.40 bits per heavy atom. The van der Waals surface area contributed by atoms with Crippen molar-refractivity contribution in [2.45, 2.75) is 44.4 Å². The standard InChI is InChI=1S/C13H19N3O4/c1-8-3-4-11(20-8)12(17)16-10(13(18)19-2)5-9-6-14-7-15-9/h6-8,10-11H,3-5H2,1-2H3,(H,14,15)(H,16,17)/t8?,10-,11?/m0/s1. The third-order valence-corrected chi connectivity index (χ3v) is 3.31. The molecule has 2 N–H and O–H groups in total. The minimum absolute atomic E-state index is 0.0786. The molecule has 1 aliphatic heterocycles. The zero-order valence-electron chi connectivity index (χ0n) is 11.6. The van der Waals surface area contributed by atoms with Crippen LogP contribution in [0, 0.1) is 0 Å². The summed E-state index contributed by atoms with van der Waals surface area (Å²) in [5, 5.41) is 2.68. The summed E-state index contributed by atoms with van der Waals surface area (Å²) in [6, 6.07) is -0.743. The Hall–Kier alpha value is -1.89. The minimum Gasteiger partial charge on any atom is -0.467 e. The normalized spacial score (nSPS) is 23.3. The second-order valence-electron chi connectivity index (χ2n) is 4.88. The van der Waals surface area contributed by atoms with Gasteiger partial charge in [-0.25, -0.2) is 9.78 Å². The fourth-order valence-corrected chi connectivity index (χ4v) is 2.21. The molecule has 0 aliphatic carbocycles. The largest absolute Gasteiger partial charge is 0.467 e. The highest BCUT2D eigenvalue weighted by Crippen LogP contribution is 2.19. The van der Waals surface area contributed by atoms with Crippen LogP contribution in [0.4, 0.5) is 0 Å². The second kappa shape index (κ2) is 6.51. The van der Waals surface area contributed by atoms with E-state index in [4.69, 9.17) is 9.47 Å². The van der Waals surface area contributed by atoms with Crippen LogP contribution >= 0.6 is 0 Å². The van der Waals surface area contributed by atoms with Crippen LogP contribution in [0.2, 0.25) is 0 Å². The predicted molar refractivity (Wildman–Crippen MR) is 69.8 cm³/mol. The number of hydrogen-bond donors (Lipinski definition) is 2. The van der Waals surface area contributed by atoms with Crippen molar-refractivity contribution in [3.05, 3.63) is 18.2 Å². The highest BCUT2D eigenvalue weighted by atomic mass is 16.5. The van der Waals surface area contributed by atoms with Crippen molar-refractivity contribution in [2.75, 3.05) is 7.11 Å². The summed E-state index contributed by atoms with van der Waals surface area (Å²) < 4.78 is 10.2. The molecule has 2 rings (SSSR count). The summed E-state index contributed by atoms with van der Waals surface area (Å²) in [5.74, 6) is -0.761. The van der Waals surface area contributed by atoms with Crippen molar-refractivity contribution < 1.29 is 19.1 Å². The van der Waals surface area contributed by atoms with Crippen LogP contribution in [0.15, 0.2) is 12.5 Å². The first-order valence-electron chi connectivity index (χ1n) is 6.61. The van der Waals surface area contributed by atoms with E-state index in [2.05, 4.69) is 15.3 Å². The molecular formula is C13H19N3O4. The molecule has 0 saturated carbocycles. The highest BCUT2D eigenvalue weighted by Gasteiger charge is 2.31. The molecule has 1 saturated heterocycles. The quantitative estimate of drug-likeness (QED) is 0.751. The number of ether oxygens (including phenoxy) is 2. The van der Waals surface area contributed by atoms with Crippen LogP contribution in [-0.2, 0) is 25.5 Å². The molecule has 1 fully saturated rings. The predicted octanol–water partition coefficient (Wildman–Crippen LogP) is 0.178. The maximum Gasteiger partial charge on any atom is 0.328 e. The van der Waals surface area contributed by atoms with Crippen molar-refractivity contribution in [3.8, 4) is 0 Å². The van der Waals surface area contributed by atoms with Crippen molar-refractivity contribution in [1.82, 2.24) is 15.3 Å². The number of rotatable bonds is 5. The molecule has 110 valence electrons. The number of carbonyl (C=O) groups is 2. The number of H-pyrrole nitrogens is 1. The number of aromatic nitrogens is 2. The van der Waals surface area contributed by atoms with Gasteiger partial charge in [-0.15, -0.1) is 0 Å². The summed E-state index contributed by atoms with van der Waals surface area (Å²) in [6.45, 7) is 1.93. The second-order valence-corrected chi connectivity index (χ2v) is 4.88. The Bertz CT molecular complexity index is 460. The summed E-state index contributed by atoms with van der Waals surface area (Å²) >= 11 is 0. The lowest BCUT2D eigenvalue weighted by Crippen LogP contribution is -2.47. The number of aromatic amines is 1. The molecule has 2 heterocycles. The van der Waals surface area contributed by atoms with Gasteiger partial charge >= 0.3 is 5.97 Å². The van der Waals surface area contributed by atoms with Crippen LogP contribution in [0.1, 0.15) is 25.5 Å². The van der Waals surface area contributed by atoms with Gasteiger partial charge in [0.2, 0.25) is 5.91 Å². The highest BCUT2D eigenvalue weighted by molar-refractivity contribution is 5.87. The van der Waals surface area contributed by atoms with Gasteiger partial charge in [0.15, 0.2) is 0 Å². The Labute approximate surface area is 117 Å². The summed E-state index contributed by atoms with van der Waals surface area (Å²) in [4.78, 5) is 30.6. The Balaban J connectivity index is 1.96. The number of amides is 1. The minimum atomic E-state index is -0.743. The van der Waals surface area contributed by atoms with Crippen LogP contribution in [0.5, 0.6) is 0 Å². The molecule has 1 amide bonds. The monoisotopic (exact) mass is 281 g/mol. The van der Waals surface area contributed by atoms with E-state index in [1.54, 1.807) is 6.20 Å². The van der Waals surface area contributed by atoms with Gasteiger partial charge in [0.05, 0.1) is 19.5 Å². The van der Waals surface area contributed by atoms with Gasteiger partial charge in [-0.2, -0.15) is 0 Å². The molecule has 20 heavy (non-hydrogen) atoms. The van der Waals surface area contributed by atoms with Gasteiger partial charge in [-0.05, 0) is 19.8 Å². The van der Waals surface area contributed by atoms with Crippen LogP contribution in [-0.4, -0.2) is 47.2 Å². The van der Waals surface area contributed by atoms with E-state index in [9.17, 15) is 9.59 Å². The fraction of sp³-hybridized carbons (Fsp3) is 0.615. The number of nitrogens with zero attached hydrogens (tertiary/aromatic N) is 1. The zero-order chi connectivity index (χ0) is 14.5. The van der Waals surface area contributed by atoms with E-state index in [0.29, 0.717) is 12.8 Å². The van der Waals surface area contributed by atoms with Gasteiger partial charge in [0.25, 0.3) is 0 Å². The first-order chi connectivity index (χ1) is 9.60. The lowest BCUT2D eigenvalue weighted by molar-refractivity contribution is -0.146. The molecule has 0 aromatic carbocycles. The Morgan fingerprint density at radius 1 is 1.60 bits per heavy atom. The molecule has 0 spiro atoms. The van der Waals surface area contributed by atoms with Crippen molar-refractivity contribution in [2.24, 2.45) is 0 Å². The van der Waals surface area contributed by atoms with Crippen molar-refractivity contribution in [1.29, 1.82) is 0 Å². The number of nitrogens with one attached hydrogen (secondary N) is 2. The van der Waals surface area contributed by atoms with Gasteiger partial charge in [-0.1, -0.05) is 0 Å². The summed E-state index contributed by atoms with van der Waals surface area (Å²) in [6.07, 6.45) is 4.55. The summed E-state index contributed by atoms with van der Waals surface area (Å²) in [7, 11) is 1.29. The Morgan fingerprint density at radius 3 is 2.95 bits per heavy atom. The lowest BCUT2D eigenvalue weighted by Gasteiger charge is -2.18. The maximum atomic E-state index is 12.1. The molecule has 1 aliphatic rings. The third kappa shape index (κ3) is 3.57. The first-order valence-corrected chi connectivity index (χ1v) is 6.61. The van der Waals surface area contributed by atoms with E-state index < -0.39 is 18.1 Å². The average Bonchev–Trinajstić information content (AvgIpc) is 3.08. The zero-order valence-corrected chi connectivity index (χ0v) is 11.6.